The van der Waals surface area contributed by atoms with Gasteiger partial charge >= 0.3 is 5.97 Å². The summed E-state index contributed by atoms with van der Waals surface area (Å²) < 4.78 is 0. The van der Waals surface area contributed by atoms with E-state index >= 15 is 0 Å². The molecule has 0 fully saturated rings. The molecular weight excluding hydrogens is 300 g/mol. The molecule has 2 rings (SSSR count). The van der Waals surface area contributed by atoms with Crippen LogP contribution in [0.2, 0.25) is 5.02 Å². The van der Waals surface area contributed by atoms with Crippen molar-refractivity contribution < 1.29 is 14.7 Å². The minimum atomic E-state index is -1.10. The summed E-state index contributed by atoms with van der Waals surface area (Å²) in [5.41, 5.74) is 1.49. The summed E-state index contributed by atoms with van der Waals surface area (Å²) in [6.45, 7) is 1.84. The first kappa shape index (κ1) is 14.5. The quantitative estimate of drug-likeness (QED) is 0.910. The fourth-order valence-electron chi connectivity index (χ4n) is 1.59. The molecule has 1 amide bonds. The number of halogens is 1. The highest BCUT2D eigenvalue weighted by molar-refractivity contribution is 7.09. The van der Waals surface area contributed by atoms with Gasteiger partial charge in [0.25, 0.3) is 0 Å². The molecule has 0 radical (unpaired) electrons. The van der Waals surface area contributed by atoms with Crippen molar-refractivity contribution >= 4 is 40.5 Å². The summed E-state index contributed by atoms with van der Waals surface area (Å²) in [6, 6.07) is 5.17. The highest BCUT2D eigenvalue weighted by Gasteiger charge is 2.12. The fraction of sp³-hybridized carbons (Fsp3) is 0.154. The summed E-state index contributed by atoms with van der Waals surface area (Å²) in [4.78, 5) is 26.4. The number of rotatable bonds is 4. The van der Waals surface area contributed by atoms with Gasteiger partial charge in [-0.15, -0.1) is 11.3 Å². The molecule has 104 valence electrons. The van der Waals surface area contributed by atoms with Crippen molar-refractivity contribution in [1.82, 2.24) is 4.98 Å². The Labute approximate surface area is 124 Å². The zero-order chi connectivity index (χ0) is 14.7. The van der Waals surface area contributed by atoms with Gasteiger partial charge in [0.1, 0.15) is 5.01 Å². The highest BCUT2D eigenvalue weighted by Crippen LogP contribution is 2.20. The summed E-state index contributed by atoms with van der Waals surface area (Å²) in [5.74, 6) is -1.34. The lowest BCUT2D eigenvalue weighted by atomic mass is 10.2. The van der Waals surface area contributed by atoms with Crippen molar-refractivity contribution in [2.24, 2.45) is 0 Å². The van der Waals surface area contributed by atoms with Gasteiger partial charge in [-0.25, -0.2) is 9.78 Å². The van der Waals surface area contributed by atoms with E-state index in [2.05, 4.69) is 10.3 Å². The van der Waals surface area contributed by atoms with E-state index in [1.165, 1.54) is 5.38 Å². The summed E-state index contributed by atoms with van der Waals surface area (Å²) in [6.07, 6.45) is 0.0417. The van der Waals surface area contributed by atoms with Gasteiger partial charge in [0.15, 0.2) is 5.69 Å². The Morgan fingerprint density at radius 2 is 2.20 bits per heavy atom. The first-order valence-electron chi connectivity index (χ1n) is 5.69. The average molecular weight is 311 g/mol. The fourth-order valence-corrected chi connectivity index (χ4v) is 2.58. The maximum atomic E-state index is 11.9. The summed E-state index contributed by atoms with van der Waals surface area (Å²) in [7, 11) is 0. The number of carbonyl (C=O) groups is 2. The largest absolute Gasteiger partial charge is 0.476 e. The number of hydrogen-bond donors (Lipinski definition) is 2. The second kappa shape index (κ2) is 6.02. The van der Waals surface area contributed by atoms with E-state index in [0.717, 1.165) is 16.9 Å². The molecule has 2 aromatic rings. The van der Waals surface area contributed by atoms with Crippen LogP contribution in [0.25, 0.3) is 0 Å². The average Bonchev–Trinajstić information content (AvgIpc) is 2.81. The standard InChI is InChI=1S/C13H11ClN2O3S/c1-7-4-8(14)2-3-9(7)15-11(17)5-12-16-10(6-20-12)13(18)19/h2-4,6H,5H2,1H3,(H,15,17)(H,18,19). The third kappa shape index (κ3) is 3.55. The zero-order valence-electron chi connectivity index (χ0n) is 10.5. The number of aromatic nitrogens is 1. The van der Waals surface area contributed by atoms with E-state index in [-0.39, 0.29) is 18.0 Å². The second-order valence-electron chi connectivity index (χ2n) is 4.12. The minimum absolute atomic E-state index is 0.0412. The number of carboxylic acids is 1. The minimum Gasteiger partial charge on any atom is -0.476 e. The van der Waals surface area contributed by atoms with Crippen molar-refractivity contribution in [2.75, 3.05) is 5.32 Å². The predicted octanol–water partition coefficient (Wildman–Crippen LogP) is 2.98. The Morgan fingerprint density at radius 3 is 2.80 bits per heavy atom. The molecule has 2 N–H and O–H groups in total. The molecule has 0 spiro atoms. The van der Waals surface area contributed by atoms with Gasteiger partial charge in [0.05, 0.1) is 6.42 Å². The number of nitrogens with zero attached hydrogens (tertiary/aromatic N) is 1. The number of aromatic carboxylic acids is 1. The monoisotopic (exact) mass is 310 g/mol. The Balaban J connectivity index is 2.03. The third-order valence-electron chi connectivity index (χ3n) is 2.55. The van der Waals surface area contributed by atoms with Crippen molar-refractivity contribution in [3.05, 3.63) is 44.9 Å². The van der Waals surface area contributed by atoms with Crippen molar-refractivity contribution in [1.29, 1.82) is 0 Å². The van der Waals surface area contributed by atoms with Gasteiger partial charge in [-0.3, -0.25) is 4.79 Å². The van der Waals surface area contributed by atoms with E-state index in [4.69, 9.17) is 16.7 Å². The lowest BCUT2D eigenvalue weighted by Gasteiger charge is -2.07. The second-order valence-corrected chi connectivity index (χ2v) is 5.49. The van der Waals surface area contributed by atoms with Crippen LogP contribution in [0.15, 0.2) is 23.6 Å². The van der Waals surface area contributed by atoms with Crippen LogP contribution < -0.4 is 5.32 Å². The molecule has 0 saturated heterocycles. The van der Waals surface area contributed by atoms with Crippen LogP contribution in [-0.2, 0) is 11.2 Å². The van der Waals surface area contributed by atoms with Crippen LogP contribution in [0.3, 0.4) is 0 Å². The number of nitrogens with one attached hydrogen (secondary N) is 1. The summed E-state index contributed by atoms with van der Waals surface area (Å²) in [5, 5.41) is 14.0. The maximum absolute atomic E-state index is 11.9. The van der Waals surface area contributed by atoms with Gasteiger partial charge in [-0.05, 0) is 30.7 Å². The van der Waals surface area contributed by atoms with Gasteiger partial charge < -0.3 is 10.4 Å². The van der Waals surface area contributed by atoms with Crippen LogP contribution in [0, 0.1) is 6.92 Å². The molecule has 1 aromatic heterocycles. The summed E-state index contributed by atoms with van der Waals surface area (Å²) >= 11 is 6.99. The molecule has 0 aliphatic rings. The van der Waals surface area contributed by atoms with Gasteiger partial charge in [-0.1, -0.05) is 11.6 Å². The smallest absolute Gasteiger partial charge is 0.355 e. The highest BCUT2D eigenvalue weighted by atomic mass is 35.5. The Morgan fingerprint density at radius 1 is 1.45 bits per heavy atom. The van der Waals surface area contributed by atoms with Gasteiger partial charge in [-0.2, -0.15) is 0 Å². The molecule has 7 heteroatoms. The number of thiazole rings is 1. The SMILES string of the molecule is Cc1cc(Cl)ccc1NC(=O)Cc1nc(C(=O)O)cs1. The van der Waals surface area contributed by atoms with E-state index in [1.54, 1.807) is 18.2 Å². The number of aryl methyl sites for hydroxylation is 1. The van der Waals surface area contributed by atoms with E-state index < -0.39 is 5.97 Å². The number of carboxylic acid groups (broad SMARTS) is 1. The van der Waals surface area contributed by atoms with Gasteiger partial charge in [0.2, 0.25) is 5.91 Å². The molecule has 0 aliphatic carbocycles. The molecule has 0 atom stereocenters. The number of hydrogen-bond acceptors (Lipinski definition) is 4. The number of amides is 1. The maximum Gasteiger partial charge on any atom is 0.355 e. The lowest BCUT2D eigenvalue weighted by molar-refractivity contribution is -0.115. The molecule has 0 bridgehead atoms. The van der Waals surface area contributed by atoms with Crippen LogP contribution in [0.5, 0.6) is 0 Å². The predicted molar refractivity (Wildman–Crippen MR) is 77.6 cm³/mol. The lowest BCUT2D eigenvalue weighted by Crippen LogP contribution is -2.15. The van der Waals surface area contributed by atoms with Crippen molar-refractivity contribution in [3.63, 3.8) is 0 Å². The van der Waals surface area contributed by atoms with Crippen LogP contribution in [-0.4, -0.2) is 22.0 Å². The van der Waals surface area contributed by atoms with Crippen molar-refractivity contribution in [2.45, 2.75) is 13.3 Å². The van der Waals surface area contributed by atoms with Crippen LogP contribution in [0.1, 0.15) is 21.1 Å². The first-order chi connectivity index (χ1) is 9.45. The molecule has 5 nitrogen and oxygen atoms in total. The van der Waals surface area contributed by atoms with Crippen LogP contribution in [0.4, 0.5) is 5.69 Å². The normalized spacial score (nSPS) is 10.3. The molecule has 20 heavy (non-hydrogen) atoms. The van der Waals surface area contributed by atoms with E-state index in [0.29, 0.717) is 15.7 Å². The first-order valence-corrected chi connectivity index (χ1v) is 6.95. The van der Waals surface area contributed by atoms with E-state index in [1.807, 2.05) is 6.92 Å². The molecule has 0 aliphatic heterocycles. The molecular formula is C13H11ClN2O3S. The number of carbonyl (C=O) groups excluding carboxylic acids is 1. The van der Waals surface area contributed by atoms with Gasteiger partial charge in [0, 0.05) is 16.1 Å². The molecule has 0 saturated carbocycles. The molecule has 0 unspecified atom stereocenters. The topological polar surface area (TPSA) is 79.3 Å². The number of anilines is 1. The van der Waals surface area contributed by atoms with E-state index in [9.17, 15) is 9.59 Å². The van der Waals surface area contributed by atoms with Crippen LogP contribution >= 0.6 is 22.9 Å². The Kier molecular flexibility index (Phi) is 4.36. The molecule has 1 heterocycles. The zero-order valence-corrected chi connectivity index (χ0v) is 12.1. The molecule has 1 aromatic carbocycles. The Hall–Kier alpha value is -1.92. The Bertz CT molecular complexity index is 669. The number of benzene rings is 1. The van der Waals surface area contributed by atoms with Crippen molar-refractivity contribution in [3.8, 4) is 0 Å². The third-order valence-corrected chi connectivity index (χ3v) is 3.63.